The summed E-state index contributed by atoms with van der Waals surface area (Å²) in [6.45, 7) is 2.27. The van der Waals surface area contributed by atoms with Crippen LogP contribution >= 0.6 is 15.9 Å². The van der Waals surface area contributed by atoms with Crippen molar-refractivity contribution in [2.24, 2.45) is 0 Å². The summed E-state index contributed by atoms with van der Waals surface area (Å²) >= 11 is 3.28. The average molecular weight is 341 g/mol. The molecule has 3 N–H and O–H groups in total. The van der Waals surface area contributed by atoms with Crippen LogP contribution in [0.2, 0.25) is 0 Å². The predicted molar refractivity (Wildman–Crippen MR) is 79.5 cm³/mol. The number of carboxylic acids is 1. The third kappa shape index (κ3) is 2.28. The lowest BCUT2D eigenvalue weighted by Gasteiger charge is -2.34. The van der Waals surface area contributed by atoms with Crippen LogP contribution in [-0.2, 0) is 4.79 Å². The second-order valence-corrected chi connectivity index (χ2v) is 5.84. The SMILES string of the molecule is CCC1(C(=O)O)CCCN1C(=O)c1ccc(Br)c(N)c1. The van der Waals surface area contributed by atoms with Crippen LogP contribution < -0.4 is 5.73 Å². The van der Waals surface area contributed by atoms with Crippen molar-refractivity contribution < 1.29 is 14.7 Å². The molecule has 1 unspecified atom stereocenters. The van der Waals surface area contributed by atoms with Gasteiger partial charge in [-0.3, -0.25) is 4.79 Å². The number of anilines is 1. The molecule has 1 fully saturated rings. The molecule has 0 radical (unpaired) electrons. The van der Waals surface area contributed by atoms with Gasteiger partial charge in [0.05, 0.1) is 0 Å². The van der Waals surface area contributed by atoms with Gasteiger partial charge >= 0.3 is 5.97 Å². The van der Waals surface area contributed by atoms with Crippen LogP contribution in [0.1, 0.15) is 36.5 Å². The van der Waals surface area contributed by atoms with Gasteiger partial charge in [-0.25, -0.2) is 4.79 Å². The van der Waals surface area contributed by atoms with Crippen molar-refractivity contribution in [2.75, 3.05) is 12.3 Å². The molecule has 1 aromatic carbocycles. The molecule has 0 aromatic heterocycles. The molecule has 1 amide bonds. The van der Waals surface area contributed by atoms with E-state index in [-0.39, 0.29) is 5.91 Å². The van der Waals surface area contributed by atoms with Gasteiger partial charge in [0.2, 0.25) is 0 Å². The van der Waals surface area contributed by atoms with E-state index in [4.69, 9.17) is 5.73 Å². The molecule has 1 atom stereocenters. The van der Waals surface area contributed by atoms with Gasteiger partial charge in [0.15, 0.2) is 0 Å². The highest BCUT2D eigenvalue weighted by Crippen LogP contribution is 2.34. The number of hydrogen-bond acceptors (Lipinski definition) is 3. The standard InChI is InChI=1S/C14H17BrN2O3/c1-2-14(13(19)20)6-3-7-17(14)12(18)9-4-5-10(15)11(16)8-9/h4-5,8H,2-3,6-7,16H2,1H3,(H,19,20). The maximum absolute atomic E-state index is 12.6. The Morgan fingerprint density at radius 3 is 2.75 bits per heavy atom. The lowest BCUT2D eigenvalue weighted by molar-refractivity contribution is -0.148. The Morgan fingerprint density at radius 2 is 2.20 bits per heavy atom. The lowest BCUT2D eigenvalue weighted by Crippen LogP contribution is -2.52. The van der Waals surface area contributed by atoms with Crippen LogP contribution in [0.3, 0.4) is 0 Å². The second kappa shape index (κ2) is 5.44. The van der Waals surface area contributed by atoms with E-state index in [1.54, 1.807) is 25.1 Å². The number of carbonyl (C=O) groups is 2. The first-order chi connectivity index (χ1) is 9.42. The minimum atomic E-state index is -1.08. The van der Waals surface area contributed by atoms with Gasteiger partial charge in [-0.05, 0) is 53.4 Å². The molecule has 0 bridgehead atoms. The van der Waals surface area contributed by atoms with Gasteiger partial charge in [-0.1, -0.05) is 6.92 Å². The Bertz CT molecular complexity index is 561. The molecule has 6 heteroatoms. The highest BCUT2D eigenvalue weighted by Gasteiger charge is 2.48. The molecule has 108 valence electrons. The number of carbonyl (C=O) groups excluding carboxylic acids is 1. The highest BCUT2D eigenvalue weighted by atomic mass is 79.9. The van der Waals surface area contributed by atoms with Crippen LogP contribution in [0.15, 0.2) is 22.7 Å². The summed E-state index contributed by atoms with van der Waals surface area (Å²) in [4.78, 5) is 25.6. The van der Waals surface area contributed by atoms with Crippen molar-refractivity contribution in [3.05, 3.63) is 28.2 Å². The molecule has 20 heavy (non-hydrogen) atoms. The van der Waals surface area contributed by atoms with Crippen molar-refractivity contribution >= 4 is 33.5 Å². The maximum atomic E-state index is 12.6. The predicted octanol–water partition coefficient (Wildman–Crippen LogP) is 2.50. The van der Waals surface area contributed by atoms with Crippen LogP contribution in [0, 0.1) is 0 Å². The number of aliphatic carboxylic acids is 1. The van der Waals surface area contributed by atoms with E-state index in [9.17, 15) is 14.7 Å². The summed E-state index contributed by atoms with van der Waals surface area (Å²) in [6, 6.07) is 4.93. The minimum Gasteiger partial charge on any atom is -0.479 e. The highest BCUT2D eigenvalue weighted by molar-refractivity contribution is 9.10. The molecule has 1 aliphatic heterocycles. The monoisotopic (exact) mass is 340 g/mol. The van der Waals surface area contributed by atoms with Crippen molar-refractivity contribution in [1.82, 2.24) is 4.90 Å². The van der Waals surface area contributed by atoms with Crippen molar-refractivity contribution in [1.29, 1.82) is 0 Å². The lowest BCUT2D eigenvalue weighted by atomic mass is 9.92. The minimum absolute atomic E-state index is 0.272. The number of hydrogen-bond donors (Lipinski definition) is 2. The fourth-order valence-corrected chi connectivity index (χ4v) is 3.00. The molecule has 2 rings (SSSR count). The fourth-order valence-electron chi connectivity index (χ4n) is 2.75. The molecular formula is C14H17BrN2O3. The third-order valence-electron chi connectivity index (χ3n) is 3.96. The van der Waals surface area contributed by atoms with Crippen molar-refractivity contribution in [3.63, 3.8) is 0 Å². The fraction of sp³-hybridized carbons (Fsp3) is 0.429. The largest absolute Gasteiger partial charge is 0.479 e. The summed E-state index contributed by atoms with van der Waals surface area (Å²) in [7, 11) is 0. The zero-order valence-corrected chi connectivity index (χ0v) is 12.8. The molecule has 0 spiro atoms. The maximum Gasteiger partial charge on any atom is 0.329 e. The molecule has 5 nitrogen and oxygen atoms in total. The molecule has 1 aromatic rings. The number of halogens is 1. The number of benzene rings is 1. The quantitative estimate of drug-likeness (QED) is 0.828. The third-order valence-corrected chi connectivity index (χ3v) is 4.68. The van der Waals surface area contributed by atoms with Crippen molar-refractivity contribution in [3.8, 4) is 0 Å². The Hall–Kier alpha value is -1.56. The van der Waals surface area contributed by atoms with Gasteiger partial charge in [-0.2, -0.15) is 0 Å². The van der Waals surface area contributed by atoms with E-state index >= 15 is 0 Å². The zero-order chi connectivity index (χ0) is 14.9. The summed E-state index contributed by atoms with van der Waals surface area (Å²) in [6.07, 6.45) is 1.61. The number of nitrogens with zero attached hydrogens (tertiary/aromatic N) is 1. The number of likely N-dealkylation sites (tertiary alicyclic amines) is 1. The number of amides is 1. The van der Waals surface area contributed by atoms with Crippen LogP contribution in [0.4, 0.5) is 5.69 Å². The van der Waals surface area contributed by atoms with E-state index in [0.717, 1.165) is 4.47 Å². The number of nitrogens with two attached hydrogens (primary N) is 1. The zero-order valence-electron chi connectivity index (χ0n) is 11.2. The van der Waals surface area contributed by atoms with E-state index < -0.39 is 11.5 Å². The van der Waals surface area contributed by atoms with Crippen molar-refractivity contribution in [2.45, 2.75) is 31.7 Å². The number of nitrogen functional groups attached to an aromatic ring is 1. The van der Waals surface area contributed by atoms with E-state index in [1.807, 2.05) is 0 Å². The Kier molecular flexibility index (Phi) is 4.04. The van der Waals surface area contributed by atoms with Gasteiger partial charge in [-0.15, -0.1) is 0 Å². The number of rotatable bonds is 3. The van der Waals surface area contributed by atoms with Gasteiger partial charge in [0.1, 0.15) is 5.54 Å². The summed E-state index contributed by atoms with van der Waals surface area (Å²) < 4.78 is 0.718. The molecular weight excluding hydrogens is 324 g/mol. The molecule has 0 saturated carbocycles. The first kappa shape index (κ1) is 14.8. The van der Waals surface area contributed by atoms with Crippen LogP contribution in [0.25, 0.3) is 0 Å². The molecule has 0 aliphatic carbocycles. The first-order valence-electron chi connectivity index (χ1n) is 6.53. The molecule has 1 aliphatic rings. The van der Waals surface area contributed by atoms with E-state index in [0.29, 0.717) is 37.1 Å². The van der Waals surface area contributed by atoms with Gasteiger partial charge in [0.25, 0.3) is 5.91 Å². The van der Waals surface area contributed by atoms with Crippen LogP contribution in [-0.4, -0.2) is 34.0 Å². The summed E-state index contributed by atoms with van der Waals surface area (Å²) in [5.74, 6) is -1.21. The summed E-state index contributed by atoms with van der Waals surface area (Å²) in [5.41, 5.74) is 5.59. The summed E-state index contributed by atoms with van der Waals surface area (Å²) in [5, 5.41) is 9.50. The Morgan fingerprint density at radius 1 is 1.50 bits per heavy atom. The van der Waals surface area contributed by atoms with Crippen LogP contribution in [0.5, 0.6) is 0 Å². The normalized spacial score (nSPS) is 22.0. The average Bonchev–Trinajstić information content (AvgIpc) is 2.86. The molecule has 1 heterocycles. The number of carboxylic acid groups (broad SMARTS) is 1. The van der Waals surface area contributed by atoms with E-state index in [1.165, 1.54) is 4.90 Å². The van der Waals surface area contributed by atoms with Gasteiger partial charge in [0, 0.05) is 22.3 Å². The second-order valence-electron chi connectivity index (χ2n) is 4.99. The molecule has 1 saturated heterocycles. The van der Waals surface area contributed by atoms with E-state index in [2.05, 4.69) is 15.9 Å². The van der Waals surface area contributed by atoms with Gasteiger partial charge < -0.3 is 15.7 Å². The topological polar surface area (TPSA) is 83.6 Å². The smallest absolute Gasteiger partial charge is 0.329 e. The Labute approximate surface area is 125 Å². The Balaban J connectivity index is 2.36. The first-order valence-corrected chi connectivity index (χ1v) is 7.32.